The lowest BCUT2D eigenvalue weighted by Gasteiger charge is -2.28. The van der Waals surface area contributed by atoms with Crippen molar-refractivity contribution in [3.63, 3.8) is 0 Å². The van der Waals surface area contributed by atoms with E-state index in [1.807, 2.05) is 13.8 Å². The van der Waals surface area contributed by atoms with Gasteiger partial charge in [0.05, 0.1) is 5.60 Å². The van der Waals surface area contributed by atoms with Crippen molar-refractivity contribution in [2.45, 2.75) is 39.7 Å². The predicted molar refractivity (Wildman–Crippen MR) is 65.2 cm³/mol. The number of nitrogens with two attached hydrogens (primary N) is 2. The topological polar surface area (TPSA) is 107 Å². The van der Waals surface area contributed by atoms with Crippen LogP contribution in [-0.2, 0) is 9.53 Å². The van der Waals surface area contributed by atoms with E-state index in [9.17, 15) is 9.59 Å². The van der Waals surface area contributed by atoms with E-state index in [2.05, 4.69) is 5.32 Å². The molecule has 0 radical (unpaired) electrons. The third-order valence-electron chi connectivity index (χ3n) is 2.58. The Morgan fingerprint density at radius 2 is 1.71 bits per heavy atom. The molecule has 0 aliphatic heterocycles. The van der Waals surface area contributed by atoms with Crippen molar-refractivity contribution < 1.29 is 14.3 Å². The van der Waals surface area contributed by atoms with Gasteiger partial charge in [0.2, 0.25) is 5.91 Å². The molecular formula is C11H23N3O3. The largest absolute Gasteiger partial charge is 0.374 e. The minimum atomic E-state index is -0.590. The number of hydrogen-bond acceptors (Lipinski definition) is 3. The van der Waals surface area contributed by atoms with Gasteiger partial charge in [-0.1, -0.05) is 13.8 Å². The molecule has 6 heteroatoms. The average molecular weight is 245 g/mol. The number of primary amides is 2. The van der Waals surface area contributed by atoms with Gasteiger partial charge in [0.1, 0.15) is 0 Å². The molecule has 0 aromatic rings. The highest BCUT2D eigenvalue weighted by molar-refractivity contribution is 5.79. The number of carbonyl (C=O) groups excluding carboxylic acids is 2. The maximum absolute atomic E-state index is 11.1. The summed E-state index contributed by atoms with van der Waals surface area (Å²) in [7, 11) is 0. The zero-order chi connectivity index (χ0) is 13.7. The van der Waals surface area contributed by atoms with Gasteiger partial charge in [0.25, 0.3) is 0 Å². The molecule has 0 aromatic heterocycles. The summed E-state index contributed by atoms with van der Waals surface area (Å²) in [5.74, 6) is -0.353. The molecule has 0 rings (SSSR count). The van der Waals surface area contributed by atoms with Crippen molar-refractivity contribution in [2.75, 3.05) is 13.2 Å². The minimum absolute atomic E-state index is 0.319. The first kappa shape index (κ1) is 15.7. The van der Waals surface area contributed by atoms with Crippen molar-refractivity contribution in [3.05, 3.63) is 0 Å². The number of rotatable bonds is 7. The Morgan fingerprint density at radius 3 is 2.12 bits per heavy atom. The summed E-state index contributed by atoms with van der Waals surface area (Å²) in [6.07, 6.45) is 0.530. The summed E-state index contributed by atoms with van der Waals surface area (Å²) in [6, 6.07) is -0.584. The number of carbonyl (C=O) groups is 2. The van der Waals surface area contributed by atoms with Crippen molar-refractivity contribution in [2.24, 2.45) is 16.9 Å². The molecule has 0 spiro atoms. The lowest BCUT2D eigenvalue weighted by Crippen LogP contribution is -2.43. The Bertz CT molecular complexity index is 288. The highest BCUT2D eigenvalue weighted by Gasteiger charge is 2.26. The lowest BCUT2D eigenvalue weighted by atomic mass is 9.89. The molecule has 17 heavy (non-hydrogen) atoms. The van der Waals surface area contributed by atoms with E-state index in [0.29, 0.717) is 19.6 Å². The summed E-state index contributed by atoms with van der Waals surface area (Å²) in [5, 5.41) is 2.48. The van der Waals surface area contributed by atoms with Crippen molar-refractivity contribution in [3.8, 4) is 0 Å². The molecule has 0 saturated heterocycles. The Morgan fingerprint density at radius 1 is 1.18 bits per heavy atom. The normalized spacial score (nSPS) is 12.2. The molecule has 0 atom stereocenters. The fourth-order valence-corrected chi connectivity index (χ4v) is 1.06. The molecule has 0 saturated carbocycles. The van der Waals surface area contributed by atoms with Crippen LogP contribution in [0, 0.1) is 5.41 Å². The molecule has 0 heterocycles. The third kappa shape index (κ3) is 6.78. The van der Waals surface area contributed by atoms with Gasteiger partial charge in [-0.2, -0.15) is 0 Å². The highest BCUT2D eigenvalue weighted by atomic mass is 16.5. The second-order valence-corrected chi connectivity index (χ2v) is 5.32. The maximum atomic E-state index is 11.1. The monoisotopic (exact) mass is 245 g/mol. The Labute approximate surface area is 102 Å². The molecule has 6 nitrogen and oxygen atoms in total. The zero-order valence-electron chi connectivity index (χ0n) is 11.0. The first-order valence-corrected chi connectivity index (χ1v) is 5.54. The van der Waals surface area contributed by atoms with Crippen LogP contribution in [0.4, 0.5) is 4.79 Å². The highest BCUT2D eigenvalue weighted by Crippen LogP contribution is 2.20. The Hall–Kier alpha value is -1.30. The summed E-state index contributed by atoms with van der Waals surface area (Å²) in [6.45, 7) is 7.92. The molecule has 100 valence electrons. The molecule has 0 aromatic carbocycles. The number of urea groups is 1. The summed E-state index contributed by atoms with van der Waals surface area (Å²) >= 11 is 0. The summed E-state index contributed by atoms with van der Waals surface area (Å²) in [4.78, 5) is 21.6. The van der Waals surface area contributed by atoms with Crippen LogP contribution in [0.1, 0.15) is 34.1 Å². The first-order chi connectivity index (χ1) is 7.57. The second kappa shape index (κ2) is 5.86. The lowest BCUT2D eigenvalue weighted by molar-refractivity contribution is -0.127. The number of amides is 3. The molecule has 0 unspecified atom stereocenters. The van der Waals surface area contributed by atoms with Gasteiger partial charge in [0, 0.05) is 18.6 Å². The molecule has 5 N–H and O–H groups in total. The van der Waals surface area contributed by atoms with Crippen LogP contribution >= 0.6 is 0 Å². The van der Waals surface area contributed by atoms with Crippen molar-refractivity contribution >= 4 is 11.9 Å². The standard InChI is InChI=1S/C11H23N3O3/c1-10(2,8(12)15)5-6-17-11(3,4)7-14-9(13)16/h5-7H2,1-4H3,(H2,12,15)(H3,13,14,16). The van der Waals surface area contributed by atoms with Crippen LogP contribution in [0.15, 0.2) is 0 Å². The fourth-order valence-electron chi connectivity index (χ4n) is 1.06. The summed E-state index contributed by atoms with van der Waals surface area (Å²) < 4.78 is 5.59. The van der Waals surface area contributed by atoms with Gasteiger partial charge >= 0.3 is 6.03 Å². The van der Waals surface area contributed by atoms with E-state index < -0.39 is 17.0 Å². The molecule has 0 fully saturated rings. The van der Waals surface area contributed by atoms with E-state index in [1.54, 1.807) is 13.8 Å². The van der Waals surface area contributed by atoms with Crippen LogP contribution < -0.4 is 16.8 Å². The first-order valence-electron chi connectivity index (χ1n) is 5.54. The Kier molecular flexibility index (Phi) is 5.41. The van der Waals surface area contributed by atoms with Crippen molar-refractivity contribution in [1.82, 2.24) is 5.32 Å². The SMILES string of the molecule is CC(C)(CNC(N)=O)OCCC(C)(C)C(N)=O. The number of ether oxygens (including phenoxy) is 1. The minimum Gasteiger partial charge on any atom is -0.374 e. The zero-order valence-corrected chi connectivity index (χ0v) is 11.0. The van der Waals surface area contributed by atoms with Crippen molar-refractivity contribution in [1.29, 1.82) is 0 Å². The van der Waals surface area contributed by atoms with Crippen LogP contribution in [0.2, 0.25) is 0 Å². The fraction of sp³-hybridized carbons (Fsp3) is 0.818. The van der Waals surface area contributed by atoms with Crippen LogP contribution in [0.3, 0.4) is 0 Å². The number of hydrogen-bond donors (Lipinski definition) is 3. The number of nitrogens with one attached hydrogen (secondary N) is 1. The molecule has 3 amide bonds. The maximum Gasteiger partial charge on any atom is 0.312 e. The predicted octanol–water partition coefficient (Wildman–Crippen LogP) is 0.352. The molecule has 0 aliphatic rings. The van der Waals surface area contributed by atoms with Gasteiger partial charge in [-0.15, -0.1) is 0 Å². The van der Waals surface area contributed by atoms with Crippen LogP contribution in [0.25, 0.3) is 0 Å². The van der Waals surface area contributed by atoms with E-state index in [0.717, 1.165) is 0 Å². The molecule has 0 aliphatic carbocycles. The van der Waals surface area contributed by atoms with E-state index in [1.165, 1.54) is 0 Å². The van der Waals surface area contributed by atoms with Gasteiger partial charge in [-0.25, -0.2) is 4.79 Å². The molecule has 0 bridgehead atoms. The van der Waals surface area contributed by atoms with Crippen LogP contribution in [0.5, 0.6) is 0 Å². The van der Waals surface area contributed by atoms with Gasteiger partial charge in [-0.3, -0.25) is 4.79 Å². The quantitative estimate of drug-likeness (QED) is 0.602. The second-order valence-electron chi connectivity index (χ2n) is 5.32. The van der Waals surface area contributed by atoms with E-state index >= 15 is 0 Å². The molecular weight excluding hydrogens is 222 g/mol. The van der Waals surface area contributed by atoms with Gasteiger partial charge in [0.15, 0.2) is 0 Å². The van der Waals surface area contributed by atoms with Crippen LogP contribution in [-0.4, -0.2) is 30.7 Å². The summed E-state index contributed by atoms with van der Waals surface area (Å²) in [5.41, 5.74) is 9.11. The van der Waals surface area contributed by atoms with E-state index in [-0.39, 0.29) is 5.91 Å². The van der Waals surface area contributed by atoms with Gasteiger partial charge < -0.3 is 21.5 Å². The Balaban J connectivity index is 4.02. The van der Waals surface area contributed by atoms with E-state index in [4.69, 9.17) is 16.2 Å². The average Bonchev–Trinajstić information content (AvgIpc) is 2.14. The van der Waals surface area contributed by atoms with Gasteiger partial charge in [-0.05, 0) is 20.3 Å². The smallest absolute Gasteiger partial charge is 0.312 e. The third-order valence-corrected chi connectivity index (χ3v) is 2.58.